The third-order valence-electron chi connectivity index (χ3n) is 11.0. The molecule has 0 spiro atoms. The van der Waals surface area contributed by atoms with Gasteiger partial charge in [0.2, 0.25) is 0 Å². The van der Waals surface area contributed by atoms with Gasteiger partial charge in [0.05, 0.1) is 0 Å². The average molecular weight is 903 g/mol. The monoisotopic (exact) mass is 903 g/mol. The molecule has 0 N–H and O–H groups in total. The lowest BCUT2D eigenvalue weighted by Crippen LogP contribution is -2.30. The Bertz CT molecular complexity index is 1310. The Morgan fingerprint density at radius 3 is 0.938 bits per heavy atom. The first kappa shape index (κ1) is 61.3. The molecule has 6 heteroatoms. The Morgan fingerprint density at radius 2 is 0.600 bits per heavy atom. The second-order valence-corrected chi connectivity index (χ2v) is 17.4. The summed E-state index contributed by atoms with van der Waals surface area (Å²) in [5.41, 5.74) is 0. The largest absolute Gasteiger partial charge is 0.462 e. The zero-order chi connectivity index (χ0) is 47.2. The fourth-order valence-corrected chi connectivity index (χ4v) is 7.02. The average Bonchev–Trinajstić information content (AvgIpc) is 3.30. The van der Waals surface area contributed by atoms with Gasteiger partial charge in [-0.2, -0.15) is 0 Å². The number of carbonyl (C=O) groups excluding carboxylic acids is 3. The molecule has 0 unspecified atom stereocenters. The molecule has 0 aromatic heterocycles. The van der Waals surface area contributed by atoms with Gasteiger partial charge >= 0.3 is 17.9 Å². The van der Waals surface area contributed by atoms with Crippen LogP contribution in [0.25, 0.3) is 0 Å². The van der Waals surface area contributed by atoms with Crippen LogP contribution in [0.3, 0.4) is 0 Å². The summed E-state index contributed by atoms with van der Waals surface area (Å²) in [6.45, 7) is 6.42. The van der Waals surface area contributed by atoms with Crippen molar-refractivity contribution in [3.05, 3.63) is 97.2 Å². The zero-order valence-corrected chi connectivity index (χ0v) is 42.2. The van der Waals surface area contributed by atoms with E-state index in [2.05, 4.69) is 118 Å². The molecule has 0 aliphatic carbocycles. The Balaban J connectivity index is 4.49. The van der Waals surface area contributed by atoms with Crippen LogP contribution in [-0.4, -0.2) is 37.2 Å². The van der Waals surface area contributed by atoms with Gasteiger partial charge in [0, 0.05) is 19.3 Å². The summed E-state index contributed by atoms with van der Waals surface area (Å²) in [6, 6.07) is 0. The van der Waals surface area contributed by atoms with E-state index in [1.54, 1.807) is 0 Å². The molecule has 0 aliphatic rings. The molecule has 0 bridgehead atoms. The second kappa shape index (κ2) is 52.9. The minimum absolute atomic E-state index is 0.0996. The number of rotatable bonds is 47. The van der Waals surface area contributed by atoms with Gasteiger partial charge in [0.1, 0.15) is 13.2 Å². The standard InChI is InChI=1S/C59H98O6/c1-4-7-10-13-16-19-22-25-28-29-32-34-37-40-43-46-49-52-58(61)64-55-56(65-59(62)53-50-47-44-41-38-35-31-27-24-21-18-15-12-9-6-3)54-63-57(60)51-48-45-42-39-36-33-30-26-23-20-17-14-11-8-5-2/h7,10,16-21,25-28,30-32,34,56H,4-6,8-9,11-15,22-24,29,33,35-55H2,1-3H3/b10-7-,19-16-,20-17-,21-18-,28-25-,30-26-,31-27-,34-32-/t56-/m0/s1. The Morgan fingerprint density at radius 1 is 0.323 bits per heavy atom. The highest BCUT2D eigenvalue weighted by atomic mass is 16.6. The maximum absolute atomic E-state index is 12.8. The fraction of sp³-hybridized carbons (Fsp3) is 0.678. The number of hydrogen-bond donors (Lipinski definition) is 0. The van der Waals surface area contributed by atoms with E-state index in [-0.39, 0.29) is 31.1 Å². The van der Waals surface area contributed by atoms with Crippen LogP contribution in [0.5, 0.6) is 0 Å². The molecule has 370 valence electrons. The predicted octanol–water partition coefficient (Wildman–Crippen LogP) is 17.8. The Labute approximate surface area is 400 Å². The lowest BCUT2D eigenvalue weighted by atomic mass is 10.1. The zero-order valence-electron chi connectivity index (χ0n) is 42.2. The first-order valence-electron chi connectivity index (χ1n) is 26.7. The topological polar surface area (TPSA) is 78.9 Å². The number of esters is 3. The summed E-state index contributed by atoms with van der Waals surface area (Å²) in [7, 11) is 0. The van der Waals surface area contributed by atoms with E-state index in [1.165, 1.54) is 51.4 Å². The highest BCUT2D eigenvalue weighted by molar-refractivity contribution is 5.71. The minimum atomic E-state index is -0.802. The van der Waals surface area contributed by atoms with Crippen molar-refractivity contribution in [1.29, 1.82) is 0 Å². The molecule has 0 heterocycles. The van der Waals surface area contributed by atoms with Gasteiger partial charge in [-0.25, -0.2) is 0 Å². The smallest absolute Gasteiger partial charge is 0.306 e. The lowest BCUT2D eigenvalue weighted by molar-refractivity contribution is -0.167. The summed E-state index contributed by atoms with van der Waals surface area (Å²) in [5, 5.41) is 0. The Kier molecular flexibility index (Phi) is 50.0. The van der Waals surface area contributed by atoms with Crippen LogP contribution < -0.4 is 0 Å². The van der Waals surface area contributed by atoms with Crippen LogP contribution in [-0.2, 0) is 28.6 Å². The lowest BCUT2D eigenvalue weighted by Gasteiger charge is -2.18. The molecule has 0 saturated heterocycles. The molecule has 0 aromatic carbocycles. The van der Waals surface area contributed by atoms with Crippen LogP contribution in [0.15, 0.2) is 97.2 Å². The third-order valence-corrected chi connectivity index (χ3v) is 11.0. The van der Waals surface area contributed by atoms with Gasteiger partial charge in [0.15, 0.2) is 6.10 Å². The maximum atomic E-state index is 12.8. The summed E-state index contributed by atoms with van der Waals surface area (Å²) < 4.78 is 16.8. The minimum Gasteiger partial charge on any atom is -0.462 e. The van der Waals surface area contributed by atoms with Crippen molar-refractivity contribution in [3.63, 3.8) is 0 Å². The van der Waals surface area contributed by atoms with E-state index in [0.29, 0.717) is 19.3 Å². The van der Waals surface area contributed by atoms with Crippen molar-refractivity contribution < 1.29 is 28.6 Å². The number of allylic oxidation sites excluding steroid dienone is 16. The van der Waals surface area contributed by atoms with E-state index in [4.69, 9.17) is 14.2 Å². The molecule has 0 rings (SSSR count). The highest BCUT2D eigenvalue weighted by Gasteiger charge is 2.19. The molecule has 65 heavy (non-hydrogen) atoms. The maximum Gasteiger partial charge on any atom is 0.306 e. The molecule has 1 atom stereocenters. The second-order valence-electron chi connectivity index (χ2n) is 17.4. The van der Waals surface area contributed by atoms with E-state index >= 15 is 0 Å². The number of unbranched alkanes of at least 4 members (excludes halogenated alkanes) is 20. The van der Waals surface area contributed by atoms with Crippen LogP contribution in [0.1, 0.15) is 239 Å². The van der Waals surface area contributed by atoms with E-state index in [1.807, 2.05) is 0 Å². The highest BCUT2D eigenvalue weighted by Crippen LogP contribution is 2.13. The molecule has 0 radical (unpaired) electrons. The van der Waals surface area contributed by atoms with Crippen molar-refractivity contribution in [3.8, 4) is 0 Å². The van der Waals surface area contributed by atoms with E-state index in [0.717, 1.165) is 148 Å². The summed E-state index contributed by atoms with van der Waals surface area (Å²) >= 11 is 0. The number of carbonyl (C=O) groups is 3. The van der Waals surface area contributed by atoms with Crippen molar-refractivity contribution in [2.24, 2.45) is 0 Å². The summed E-state index contributed by atoms with van der Waals surface area (Å²) in [5.74, 6) is -0.952. The number of hydrogen-bond acceptors (Lipinski definition) is 6. The van der Waals surface area contributed by atoms with Crippen LogP contribution >= 0.6 is 0 Å². The normalized spacial score (nSPS) is 12.8. The van der Waals surface area contributed by atoms with Crippen molar-refractivity contribution >= 4 is 17.9 Å². The van der Waals surface area contributed by atoms with Gasteiger partial charge in [-0.15, -0.1) is 0 Å². The molecule has 6 nitrogen and oxygen atoms in total. The summed E-state index contributed by atoms with van der Waals surface area (Å²) in [6.07, 6.45) is 69.5. The molecule has 0 aromatic rings. The van der Waals surface area contributed by atoms with Crippen LogP contribution in [0, 0.1) is 0 Å². The van der Waals surface area contributed by atoms with E-state index < -0.39 is 6.10 Å². The van der Waals surface area contributed by atoms with Gasteiger partial charge < -0.3 is 14.2 Å². The molecule has 0 saturated carbocycles. The predicted molar refractivity (Wildman–Crippen MR) is 279 cm³/mol. The van der Waals surface area contributed by atoms with Gasteiger partial charge in [0.25, 0.3) is 0 Å². The molecule has 0 fully saturated rings. The summed E-state index contributed by atoms with van der Waals surface area (Å²) in [4.78, 5) is 38.0. The van der Waals surface area contributed by atoms with Crippen molar-refractivity contribution in [2.75, 3.05) is 13.2 Å². The number of ether oxygens (including phenoxy) is 3. The Hall–Kier alpha value is -3.67. The first-order valence-corrected chi connectivity index (χ1v) is 26.7. The third kappa shape index (κ3) is 51.2. The van der Waals surface area contributed by atoms with Crippen molar-refractivity contribution in [1.82, 2.24) is 0 Å². The van der Waals surface area contributed by atoms with Crippen LogP contribution in [0.4, 0.5) is 0 Å². The quantitative estimate of drug-likeness (QED) is 0.0262. The molecule has 0 aliphatic heterocycles. The fourth-order valence-electron chi connectivity index (χ4n) is 7.02. The molecular weight excluding hydrogens is 805 g/mol. The van der Waals surface area contributed by atoms with E-state index in [9.17, 15) is 14.4 Å². The molecule has 0 amide bonds. The SMILES string of the molecule is CC/C=C\C/C=C\C/C=C\C/C=C\CCCCCCC(=O)OC[C@H](COC(=O)CCCCCCC/C=C\C/C=C\CCCCC)OC(=O)CCCCCCC/C=C\C/C=C\CCCCC. The van der Waals surface area contributed by atoms with Gasteiger partial charge in [-0.1, -0.05) is 195 Å². The first-order chi connectivity index (χ1) is 32.0. The van der Waals surface area contributed by atoms with Crippen LogP contribution in [0.2, 0.25) is 0 Å². The van der Waals surface area contributed by atoms with Gasteiger partial charge in [-0.05, 0) is 122 Å². The van der Waals surface area contributed by atoms with Crippen molar-refractivity contribution in [2.45, 2.75) is 245 Å². The molecular formula is C59H98O6. The van der Waals surface area contributed by atoms with Gasteiger partial charge in [-0.3, -0.25) is 14.4 Å².